The normalized spacial score (nSPS) is 12.8. The van der Waals surface area contributed by atoms with E-state index in [4.69, 9.17) is 4.74 Å². The van der Waals surface area contributed by atoms with E-state index in [2.05, 4.69) is 5.32 Å². The van der Waals surface area contributed by atoms with Crippen LogP contribution in [-0.2, 0) is 16.0 Å². The molecule has 0 fully saturated rings. The standard InChI is InChI=1S/C17H15NO3/c1-10-13(4-3-5-14(10)17(20)21-2)11-6-7-15-12(8-11)9-16(19)18-15/h3-8H,9H2,1-2H3,(H,18,19). The molecule has 0 bridgehead atoms. The number of rotatable bonds is 2. The van der Waals surface area contributed by atoms with Crippen molar-refractivity contribution in [2.75, 3.05) is 12.4 Å². The third-order valence-corrected chi connectivity index (χ3v) is 3.78. The number of carbonyl (C=O) groups is 2. The Morgan fingerprint density at radius 1 is 1.24 bits per heavy atom. The molecule has 0 aromatic heterocycles. The smallest absolute Gasteiger partial charge is 0.338 e. The Hall–Kier alpha value is -2.62. The summed E-state index contributed by atoms with van der Waals surface area (Å²) >= 11 is 0. The van der Waals surface area contributed by atoms with E-state index in [-0.39, 0.29) is 11.9 Å². The largest absolute Gasteiger partial charge is 0.465 e. The molecular weight excluding hydrogens is 266 g/mol. The molecular formula is C17H15NO3. The number of hydrogen-bond acceptors (Lipinski definition) is 3. The fraction of sp³-hybridized carbons (Fsp3) is 0.176. The van der Waals surface area contributed by atoms with E-state index in [0.29, 0.717) is 12.0 Å². The first-order valence-electron chi connectivity index (χ1n) is 6.71. The maximum absolute atomic E-state index is 11.8. The minimum atomic E-state index is -0.340. The molecule has 1 heterocycles. The molecule has 1 N–H and O–H groups in total. The summed E-state index contributed by atoms with van der Waals surface area (Å²) in [6.07, 6.45) is 0.402. The first kappa shape index (κ1) is 13.4. The van der Waals surface area contributed by atoms with Gasteiger partial charge in [-0.05, 0) is 47.4 Å². The van der Waals surface area contributed by atoms with E-state index in [1.54, 1.807) is 6.07 Å². The Morgan fingerprint density at radius 2 is 2.05 bits per heavy atom. The molecule has 106 valence electrons. The fourth-order valence-corrected chi connectivity index (χ4v) is 2.68. The molecule has 2 aromatic rings. The zero-order chi connectivity index (χ0) is 15.0. The van der Waals surface area contributed by atoms with Gasteiger partial charge in [0.15, 0.2) is 0 Å². The van der Waals surface area contributed by atoms with Crippen molar-refractivity contribution < 1.29 is 14.3 Å². The van der Waals surface area contributed by atoms with Crippen LogP contribution < -0.4 is 5.32 Å². The van der Waals surface area contributed by atoms with Crippen molar-refractivity contribution in [1.82, 2.24) is 0 Å². The third kappa shape index (κ3) is 2.29. The number of benzene rings is 2. The molecule has 4 nitrogen and oxygen atoms in total. The number of carbonyl (C=O) groups excluding carboxylic acids is 2. The molecule has 0 unspecified atom stereocenters. The Morgan fingerprint density at radius 3 is 2.81 bits per heavy atom. The van der Waals surface area contributed by atoms with Crippen LogP contribution in [0.5, 0.6) is 0 Å². The molecule has 0 saturated heterocycles. The minimum absolute atomic E-state index is 0.0159. The molecule has 2 aromatic carbocycles. The molecule has 0 aliphatic carbocycles. The maximum Gasteiger partial charge on any atom is 0.338 e. The van der Waals surface area contributed by atoms with Crippen LogP contribution in [-0.4, -0.2) is 19.0 Å². The second kappa shape index (κ2) is 5.05. The maximum atomic E-state index is 11.8. The predicted molar refractivity (Wildman–Crippen MR) is 80.3 cm³/mol. The zero-order valence-electron chi connectivity index (χ0n) is 11.9. The molecule has 1 amide bonds. The van der Waals surface area contributed by atoms with Gasteiger partial charge in [0.2, 0.25) is 5.91 Å². The monoisotopic (exact) mass is 281 g/mol. The van der Waals surface area contributed by atoms with Gasteiger partial charge in [-0.1, -0.05) is 18.2 Å². The van der Waals surface area contributed by atoms with Crippen molar-refractivity contribution in [3.63, 3.8) is 0 Å². The minimum Gasteiger partial charge on any atom is -0.465 e. The van der Waals surface area contributed by atoms with Crippen molar-refractivity contribution in [2.45, 2.75) is 13.3 Å². The summed E-state index contributed by atoms with van der Waals surface area (Å²) in [5.74, 6) is -0.325. The highest BCUT2D eigenvalue weighted by Crippen LogP contribution is 2.31. The molecule has 0 radical (unpaired) electrons. The summed E-state index contributed by atoms with van der Waals surface area (Å²) in [5.41, 5.74) is 5.26. The van der Waals surface area contributed by atoms with E-state index in [1.807, 2.05) is 37.3 Å². The quantitative estimate of drug-likeness (QED) is 0.861. The summed E-state index contributed by atoms with van der Waals surface area (Å²) in [6.45, 7) is 1.90. The number of hydrogen-bond donors (Lipinski definition) is 1. The molecule has 3 rings (SSSR count). The summed E-state index contributed by atoms with van der Waals surface area (Å²) in [7, 11) is 1.38. The van der Waals surface area contributed by atoms with Gasteiger partial charge in [0.1, 0.15) is 0 Å². The summed E-state index contributed by atoms with van der Waals surface area (Å²) in [5, 5.41) is 2.82. The highest BCUT2D eigenvalue weighted by Gasteiger charge is 2.19. The molecule has 21 heavy (non-hydrogen) atoms. The highest BCUT2D eigenvalue weighted by atomic mass is 16.5. The molecule has 0 spiro atoms. The molecule has 0 saturated carbocycles. The molecule has 4 heteroatoms. The number of methoxy groups -OCH3 is 1. The summed E-state index contributed by atoms with van der Waals surface area (Å²) in [6, 6.07) is 11.4. The van der Waals surface area contributed by atoms with Crippen LogP contribution in [0.2, 0.25) is 0 Å². The molecule has 1 aliphatic rings. The lowest BCUT2D eigenvalue weighted by Crippen LogP contribution is -2.04. The Kier molecular flexibility index (Phi) is 3.22. The number of ether oxygens (including phenoxy) is 1. The van der Waals surface area contributed by atoms with E-state index in [0.717, 1.165) is 27.9 Å². The Balaban J connectivity index is 2.08. The van der Waals surface area contributed by atoms with Crippen molar-refractivity contribution in [1.29, 1.82) is 0 Å². The first-order valence-corrected chi connectivity index (χ1v) is 6.71. The lowest BCUT2D eigenvalue weighted by Gasteiger charge is -2.11. The number of nitrogens with one attached hydrogen (secondary N) is 1. The van der Waals surface area contributed by atoms with E-state index in [1.165, 1.54) is 7.11 Å². The Labute approximate surface area is 122 Å². The van der Waals surface area contributed by atoms with Crippen LogP contribution in [0.4, 0.5) is 5.69 Å². The van der Waals surface area contributed by atoms with Gasteiger partial charge in [-0.3, -0.25) is 4.79 Å². The number of fused-ring (bicyclic) bond motifs is 1. The van der Waals surface area contributed by atoms with Crippen LogP contribution in [0.25, 0.3) is 11.1 Å². The summed E-state index contributed by atoms with van der Waals surface area (Å²) in [4.78, 5) is 23.2. The van der Waals surface area contributed by atoms with E-state index in [9.17, 15) is 9.59 Å². The average molecular weight is 281 g/mol. The number of esters is 1. The van der Waals surface area contributed by atoms with Gasteiger partial charge in [0.25, 0.3) is 0 Å². The van der Waals surface area contributed by atoms with Gasteiger partial charge in [0.05, 0.1) is 19.1 Å². The van der Waals surface area contributed by atoms with E-state index < -0.39 is 0 Å². The molecule has 0 atom stereocenters. The van der Waals surface area contributed by atoms with Crippen LogP contribution in [0.1, 0.15) is 21.5 Å². The average Bonchev–Trinajstić information content (AvgIpc) is 2.85. The SMILES string of the molecule is COC(=O)c1cccc(-c2ccc3c(c2)CC(=O)N3)c1C. The van der Waals surface area contributed by atoms with E-state index >= 15 is 0 Å². The Bertz CT molecular complexity index is 750. The van der Waals surface area contributed by atoms with Crippen LogP contribution in [0.15, 0.2) is 36.4 Å². The second-order valence-corrected chi connectivity index (χ2v) is 5.07. The fourth-order valence-electron chi connectivity index (χ4n) is 2.68. The second-order valence-electron chi connectivity index (χ2n) is 5.07. The van der Waals surface area contributed by atoms with Gasteiger partial charge in [-0.2, -0.15) is 0 Å². The lowest BCUT2D eigenvalue weighted by atomic mass is 9.95. The topological polar surface area (TPSA) is 55.4 Å². The van der Waals surface area contributed by atoms with Gasteiger partial charge in [-0.15, -0.1) is 0 Å². The third-order valence-electron chi connectivity index (χ3n) is 3.78. The van der Waals surface area contributed by atoms with Gasteiger partial charge < -0.3 is 10.1 Å². The van der Waals surface area contributed by atoms with Crippen molar-refractivity contribution >= 4 is 17.6 Å². The van der Waals surface area contributed by atoms with Crippen LogP contribution in [0, 0.1) is 6.92 Å². The zero-order valence-corrected chi connectivity index (χ0v) is 11.9. The van der Waals surface area contributed by atoms with Gasteiger partial charge in [-0.25, -0.2) is 4.79 Å². The van der Waals surface area contributed by atoms with Crippen molar-refractivity contribution in [2.24, 2.45) is 0 Å². The highest BCUT2D eigenvalue weighted by molar-refractivity contribution is 6.00. The molecule has 1 aliphatic heterocycles. The van der Waals surface area contributed by atoms with Gasteiger partial charge >= 0.3 is 5.97 Å². The van der Waals surface area contributed by atoms with Crippen LogP contribution in [0.3, 0.4) is 0 Å². The van der Waals surface area contributed by atoms with Crippen molar-refractivity contribution in [3.8, 4) is 11.1 Å². The number of amides is 1. The van der Waals surface area contributed by atoms with Crippen LogP contribution >= 0.6 is 0 Å². The lowest BCUT2D eigenvalue weighted by molar-refractivity contribution is -0.115. The summed E-state index contributed by atoms with van der Waals surface area (Å²) < 4.78 is 4.80. The number of anilines is 1. The predicted octanol–water partition coefficient (Wildman–Crippen LogP) is 2.94. The first-order chi connectivity index (χ1) is 10.1. The van der Waals surface area contributed by atoms with Gasteiger partial charge in [0, 0.05) is 5.69 Å². The van der Waals surface area contributed by atoms with Crippen molar-refractivity contribution in [3.05, 3.63) is 53.1 Å².